The number of halogens is 4. The molecule has 2 nitrogen and oxygen atoms in total. The molecule has 0 amide bonds. The van der Waals surface area contributed by atoms with E-state index in [1.807, 2.05) is 0 Å². The zero-order valence-corrected chi connectivity index (χ0v) is 29.8. The molecule has 7 heteroatoms. The van der Waals surface area contributed by atoms with E-state index in [2.05, 4.69) is 150 Å². The van der Waals surface area contributed by atoms with Crippen molar-refractivity contribution in [3.05, 3.63) is 149 Å². The Morgan fingerprint density at radius 1 is 0.692 bits per heavy atom. The molecule has 1 aliphatic heterocycles. The molecule has 0 saturated heterocycles. The van der Waals surface area contributed by atoms with E-state index in [0.717, 1.165) is 25.9 Å². The van der Waals surface area contributed by atoms with Crippen molar-refractivity contribution in [3.8, 4) is 0 Å². The fraction of sp³-hybridized carbons (Fsp3) is 0.222. The molecular formula is C45H43BF4N2. The number of hydrogen-bond acceptors (Lipinski definition) is 0. The monoisotopic (exact) mass is 698 g/mol. The number of benzene rings is 5. The van der Waals surface area contributed by atoms with Gasteiger partial charge < -0.3 is 21.8 Å². The first-order valence-electron chi connectivity index (χ1n) is 18.5. The van der Waals surface area contributed by atoms with Crippen molar-refractivity contribution >= 4 is 62.8 Å². The van der Waals surface area contributed by atoms with Gasteiger partial charge in [0.05, 0.1) is 10.9 Å². The highest BCUT2D eigenvalue weighted by Gasteiger charge is 2.30. The molecule has 0 saturated carbocycles. The molecule has 0 atom stereocenters. The Kier molecular flexibility index (Phi) is 10.3. The van der Waals surface area contributed by atoms with E-state index in [1.54, 1.807) is 0 Å². The maximum Gasteiger partial charge on any atom is 0.673 e. The molecule has 2 heterocycles. The lowest BCUT2D eigenvalue weighted by atomic mass is 9.97. The van der Waals surface area contributed by atoms with Gasteiger partial charge in [-0.3, -0.25) is 0 Å². The number of nitrogens with zero attached hydrogens (tertiary/aromatic N) is 2. The predicted octanol–water partition coefficient (Wildman–Crippen LogP) is 12.2. The maximum atomic E-state index is 9.75. The second-order valence-electron chi connectivity index (χ2n) is 13.6. The summed E-state index contributed by atoms with van der Waals surface area (Å²) in [6.07, 6.45) is 16.5. The lowest BCUT2D eigenvalue weighted by Gasteiger charge is -2.08. The minimum absolute atomic E-state index is 1.04. The third-order valence-electron chi connectivity index (χ3n) is 10.2. The van der Waals surface area contributed by atoms with Crippen LogP contribution in [0, 0.1) is 0 Å². The van der Waals surface area contributed by atoms with Crippen LogP contribution in [0.2, 0.25) is 0 Å². The Morgan fingerprint density at radius 2 is 1.37 bits per heavy atom. The smallest absolute Gasteiger partial charge is 0.418 e. The normalized spacial score (nSPS) is 15.7. The highest BCUT2D eigenvalue weighted by Crippen LogP contribution is 2.40. The number of allylic oxidation sites excluding steroid dienone is 6. The highest BCUT2D eigenvalue weighted by atomic mass is 19.5. The Morgan fingerprint density at radius 3 is 2.10 bits per heavy atom. The largest absolute Gasteiger partial charge is 0.673 e. The molecule has 0 fully saturated rings. The summed E-state index contributed by atoms with van der Waals surface area (Å²) >= 11 is 0. The van der Waals surface area contributed by atoms with Gasteiger partial charge in [-0.05, 0) is 70.5 Å². The van der Waals surface area contributed by atoms with Gasteiger partial charge >= 0.3 is 7.25 Å². The van der Waals surface area contributed by atoms with Gasteiger partial charge in [-0.2, -0.15) is 4.58 Å². The molecule has 0 N–H and O–H groups in total. The van der Waals surface area contributed by atoms with Crippen LogP contribution in [0.5, 0.6) is 0 Å². The van der Waals surface area contributed by atoms with Crippen LogP contribution < -0.4 is 5.35 Å². The van der Waals surface area contributed by atoms with E-state index in [4.69, 9.17) is 0 Å². The van der Waals surface area contributed by atoms with Crippen molar-refractivity contribution in [1.29, 1.82) is 0 Å². The van der Waals surface area contributed by atoms with E-state index in [9.17, 15) is 17.3 Å². The molecule has 0 spiro atoms. The molecule has 2 aliphatic rings. The molecule has 6 aromatic rings. The van der Waals surface area contributed by atoms with Crippen LogP contribution in [0.4, 0.5) is 23.0 Å². The molecule has 52 heavy (non-hydrogen) atoms. The quantitative estimate of drug-likeness (QED) is 0.0765. The average Bonchev–Trinajstić information content (AvgIpc) is 3.79. The zero-order chi connectivity index (χ0) is 36.2. The van der Waals surface area contributed by atoms with Crippen LogP contribution in [-0.4, -0.2) is 28.7 Å². The maximum absolute atomic E-state index is 9.75. The van der Waals surface area contributed by atoms with E-state index < -0.39 is 7.25 Å². The first-order valence-corrected chi connectivity index (χ1v) is 18.5. The third-order valence-corrected chi connectivity index (χ3v) is 10.2. The molecule has 264 valence electrons. The summed E-state index contributed by atoms with van der Waals surface area (Å²) in [6, 6.07) is 38.1. The van der Waals surface area contributed by atoms with Crippen molar-refractivity contribution in [2.45, 2.75) is 58.9 Å². The molecular weight excluding hydrogens is 655 g/mol. The van der Waals surface area contributed by atoms with Crippen LogP contribution >= 0.6 is 0 Å². The lowest BCUT2D eigenvalue weighted by Crippen LogP contribution is -2.16. The molecule has 5 aromatic carbocycles. The summed E-state index contributed by atoms with van der Waals surface area (Å²) < 4.78 is 44.1. The van der Waals surface area contributed by atoms with Crippen molar-refractivity contribution in [2.24, 2.45) is 0 Å². The summed E-state index contributed by atoms with van der Waals surface area (Å²) in [7, 11) is -6.00. The van der Waals surface area contributed by atoms with Gasteiger partial charge in [0.1, 0.15) is 6.54 Å². The third kappa shape index (κ3) is 7.14. The second-order valence-corrected chi connectivity index (χ2v) is 13.6. The molecule has 1 aromatic heterocycles. The Bertz CT molecular complexity index is 2410. The summed E-state index contributed by atoms with van der Waals surface area (Å²) in [5.74, 6) is 0. The molecule has 0 unspecified atom stereocenters. The topological polar surface area (TPSA) is 7.94 Å². The predicted molar refractivity (Wildman–Crippen MR) is 212 cm³/mol. The zero-order valence-electron chi connectivity index (χ0n) is 29.8. The van der Waals surface area contributed by atoms with Crippen molar-refractivity contribution in [3.63, 3.8) is 0 Å². The minimum atomic E-state index is -6.00. The van der Waals surface area contributed by atoms with E-state index in [0.29, 0.717) is 0 Å². The van der Waals surface area contributed by atoms with E-state index in [1.165, 1.54) is 103 Å². The second kappa shape index (κ2) is 15.2. The summed E-state index contributed by atoms with van der Waals surface area (Å²) in [5, 5.41) is 8.11. The van der Waals surface area contributed by atoms with E-state index in [-0.39, 0.29) is 0 Å². The van der Waals surface area contributed by atoms with Crippen molar-refractivity contribution in [2.75, 3.05) is 6.54 Å². The number of aryl methyl sites for hydroxylation is 1. The van der Waals surface area contributed by atoms with Crippen LogP contribution in [-0.2, 0) is 6.54 Å². The number of hydrogen-bond donors (Lipinski definition) is 0. The standard InChI is InChI=1S/C45H43N2.BF4/c1-3-5-30-46-39(37-20-10-16-33-18-12-22-41(46)44(33)37)28-26-35-24-25-36(43(35)32-14-8-7-9-15-32)27-29-40-38-21-11-17-34-19-13-23-42(45(34)38)47(40)31-6-4-2;2-1(3,4)5/h7-23,26-29H,3-6,24-25,30-31H2,1-2H3;/q+1;-1. The van der Waals surface area contributed by atoms with Crippen LogP contribution in [0.1, 0.15) is 63.5 Å². The number of rotatable bonds is 10. The fourth-order valence-electron chi connectivity index (χ4n) is 7.94. The summed E-state index contributed by atoms with van der Waals surface area (Å²) in [5.41, 5.74) is 10.9. The van der Waals surface area contributed by atoms with Gasteiger partial charge in [0.25, 0.3) is 0 Å². The summed E-state index contributed by atoms with van der Waals surface area (Å²) in [4.78, 5) is 0. The molecule has 8 rings (SSSR count). The minimum Gasteiger partial charge on any atom is -0.418 e. The van der Waals surface area contributed by atoms with Crippen molar-refractivity contribution < 1.29 is 21.8 Å². The SMILES string of the molecule is CCCCn1c(=CC=C2CCC(C=CC3=[N+](CCCC)c4cccc5cccc3c45)=C2c2ccccc2)c2cccc3cccc1c32.F[B-](F)(F)F. The lowest BCUT2D eigenvalue weighted by molar-refractivity contribution is -0.436. The van der Waals surface area contributed by atoms with Gasteiger partial charge in [-0.25, -0.2) is 0 Å². The number of unbranched alkanes of at least 4 members (excludes halogenated alkanes) is 2. The summed E-state index contributed by atoms with van der Waals surface area (Å²) in [6.45, 7) is 6.64. The van der Waals surface area contributed by atoms with Gasteiger partial charge in [0.15, 0.2) is 0 Å². The first kappa shape index (κ1) is 35.2. The van der Waals surface area contributed by atoms with Crippen LogP contribution in [0.25, 0.3) is 44.1 Å². The Balaban J connectivity index is 0.000000789. The van der Waals surface area contributed by atoms with Gasteiger partial charge in [-0.1, -0.05) is 124 Å². The fourth-order valence-corrected chi connectivity index (χ4v) is 7.94. The molecule has 0 radical (unpaired) electrons. The van der Waals surface area contributed by atoms with Gasteiger partial charge in [0.2, 0.25) is 11.4 Å². The number of aromatic nitrogens is 1. The average molecular weight is 699 g/mol. The van der Waals surface area contributed by atoms with Gasteiger partial charge in [-0.15, -0.1) is 0 Å². The first-order chi connectivity index (χ1) is 25.3. The van der Waals surface area contributed by atoms with Gasteiger partial charge in [0, 0.05) is 46.7 Å². The van der Waals surface area contributed by atoms with E-state index >= 15 is 0 Å². The Labute approximate surface area is 302 Å². The molecule has 0 bridgehead atoms. The van der Waals surface area contributed by atoms with Crippen LogP contribution in [0.3, 0.4) is 0 Å². The Hall–Kier alpha value is -5.17. The highest BCUT2D eigenvalue weighted by molar-refractivity contribution is 6.50. The molecule has 1 aliphatic carbocycles. The van der Waals surface area contributed by atoms with Crippen molar-refractivity contribution in [1.82, 2.24) is 4.57 Å². The van der Waals surface area contributed by atoms with Crippen LogP contribution in [0.15, 0.2) is 133 Å².